The Bertz CT molecular complexity index is 656. The van der Waals surface area contributed by atoms with Crippen LogP contribution in [0.3, 0.4) is 0 Å². The largest absolute Gasteiger partial charge is 0.407 e. The summed E-state index contributed by atoms with van der Waals surface area (Å²) in [5, 5.41) is 1.60. The van der Waals surface area contributed by atoms with Crippen molar-refractivity contribution in [2.75, 3.05) is 4.98 Å². The van der Waals surface area contributed by atoms with E-state index in [0.29, 0.717) is 0 Å². The molecule has 0 bridgehead atoms. The smallest absolute Gasteiger partial charge is 0.144 e. The summed E-state index contributed by atoms with van der Waals surface area (Å²) in [6.45, 7) is 22.9. The molecule has 0 aliphatic rings. The van der Waals surface area contributed by atoms with Crippen LogP contribution in [0.5, 0.6) is 0 Å². The molecule has 1 aromatic carbocycles. The van der Waals surface area contributed by atoms with Gasteiger partial charge in [0.2, 0.25) is 0 Å². The molecule has 1 aromatic heterocycles. The summed E-state index contributed by atoms with van der Waals surface area (Å²) >= 11 is 0. The van der Waals surface area contributed by atoms with Crippen LogP contribution in [-0.4, -0.2) is 24.4 Å². The topological polar surface area (TPSA) is 12.0 Å². The third-order valence-electron chi connectivity index (χ3n) is 4.12. The first-order valence-electron chi connectivity index (χ1n) is 8.94. The van der Waals surface area contributed by atoms with Crippen LogP contribution in [0.15, 0.2) is 36.1 Å². The second kappa shape index (κ2) is 6.96. The Morgan fingerprint density at radius 1 is 0.792 bits per heavy atom. The van der Waals surface area contributed by atoms with Gasteiger partial charge in [-0.1, -0.05) is 96.5 Å². The van der Waals surface area contributed by atoms with E-state index in [4.69, 9.17) is 0 Å². The zero-order chi connectivity index (χ0) is 18.3. The van der Waals surface area contributed by atoms with Crippen LogP contribution in [0.25, 0.3) is 5.30 Å². The fraction of sp³-hybridized carbons (Fsp3) is 0.556. The van der Waals surface area contributed by atoms with Crippen LogP contribution < -0.4 is 4.98 Å². The predicted octanol–water partition coefficient (Wildman–Crippen LogP) is 8.19. The van der Waals surface area contributed by atoms with Crippen molar-refractivity contribution in [1.82, 2.24) is 0 Å². The van der Waals surface area contributed by atoms with Gasteiger partial charge in [-0.05, 0) is 17.9 Å². The molecule has 1 nitrogen and oxygen atoms in total. The van der Waals surface area contributed by atoms with Crippen LogP contribution in [0.2, 0.25) is 58.9 Å². The molecule has 0 saturated carbocycles. The molecule has 2 rings (SSSR count). The highest BCUT2D eigenvalue weighted by Crippen LogP contribution is 2.75. The lowest BCUT2D eigenvalue weighted by Crippen LogP contribution is -2.43. The molecule has 2 unspecified atom stereocenters. The number of hydrogen-bond donors (Lipinski definition) is 1. The minimum atomic E-state index is -1.29. The predicted molar refractivity (Wildman–Crippen MR) is 126 cm³/mol. The Balaban J connectivity index is 2.57. The van der Waals surface area contributed by atoms with Gasteiger partial charge in [0.15, 0.2) is 0 Å². The maximum Gasteiger partial charge on any atom is 0.144 e. The molecule has 0 saturated heterocycles. The van der Waals surface area contributed by atoms with Crippen molar-refractivity contribution in [3.63, 3.8) is 0 Å². The Morgan fingerprint density at radius 3 is 1.71 bits per heavy atom. The quantitative estimate of drug-likeness (QED) is 0.472. The van der Waals surface area contributed by atoms with Gasteiger partial charge in [-0.25, -0.2) is 0 Å². The van der Waals surface area contributed by atoms with E-state index in [1.807, 2.05) is 0 Å². The van der Waals surface area contributed by atoms with E-state index in [-0.39, 0.29) is 14.4 Å². The first-order chi connectivity index (χ1) is 10.8. The Morgan fingerprint density at radius 2 is 1.29 bits per heavy atom. The Labute approximate surface area is 154 Å². The van der Waals surface area contributed by atoms with Crippen LogP contribution in [0.1, 0.15) is 4.91 Å². The minimum Gasteiger partial charge on any atom is -0.407 e. The molecule has 0 amide bonds. The highest BCUT2D eigenvalue weighted by molar-refractivity contribution is 8.17. The number of anilines is 1. The van der Waals surface area contributed by atoms with Gasteiger partial charge in [0.1, 0.15) is 8.24 Å². The van der Waals surface area contributed by atoms with E-state index in [1.165, 1.54) is 0 Å². The zero-order valence-corrected chi connectivity index (χ0v) is 21.7. The molecule has 0 spiro atoms. The maximum absolute atomic E-state index is 3.97. The van der Waals surface area contributed by atoms with E-state index in [9.17, 15) is 0 Å². The van der Waals surface area contributed by atoms with Crippen molar-refractivity contribution < 1.29 is 0 Å². The molecule has 0 aliphatic carbocycles. The number of benzene rings is 1. The lowest BCUT2D eigenvalue weighted by atomic mass is 10.4. The summed E-state index contributed by atoms with van der Waals surface area (Å²) in [5.41, 5.74) is 1.60. The molecular weight excluding hydrogens is 376 g/mol. The summed E-state index contributed by atoms with van der Waals surface area (Å²) in [4.78, 5) is 4.98. The van der Waals surface area contributed by atoms with Crippen molar-refractivity contribution in [2.45, 2.75) is 63.8 Å². The molecule has 0 fully saturated rings. The summed E-state index contributed by atoms with van der Waals surface area (Å²) < 4.78 is 0. The fourth-order valence-corrected chi connectivity index (χ4v) is 37.8. The first-order valence-corrected chi connectivity index (χ1v) is 23.1. The molecule has 2 aromatic rings. The molecule has 1 heterocycles. The third kappa shape index (κ3) is 4.80. The monoisotopic (exact) mass is 411 g/mol. The Kier molecular flexibility index (Phi) is 5.90. The van der Waals surface area contributed by atoms with E-state index in [0.717, 1.165) is 4.91 Å². The lowest BCUT2D eigenvalue weighted by molar-refractivity contribution is 1.40. The first kappa shape index (κ1) is 20.3. The number of rotatable bonds is 6. The van der Waals surface area contributed by atoms with Gasteiger partial charge in [0, 0.05) is 5.30 Å². The van der Waals surface area contributed by atoms with E-state index in [2.05, 4.69) is 100 Å². The normalized spacial score (nSPS) is 15.1. The molecule has 24 heavy (non-hydrogen) atoms. The van der Waals surface area contributed by atoms with E-state index in [1.54, 1.807) is 10.7 Å². The van der Waals surface area contributed by atoms with Gasteiger partial charge in [0.05, 0.1) is 21.6 Å². The zero-order valence-electron chi connectivity index (χ0n) is 16.9. The Hall–Kier alpha value is 0.0106. The highest BCUT2D eigenvalue weighted by atomic mass is 31.9. The van der Waals surface area contributed by atoms with Crippen molar-refractivity contribution in [2.24, 2.45) is 0 Å². The summed E-state index contributed by atoms with van der Waals surface area (Å²) in [6, 6.07) is 11.4. The van der Waals surface area contributed by atoms with Crippen molar-refractivity contribution in [1.29, 1.82) is 0 Å². The average molecular weight is 412 g/mol. The van der Waals surface area contributed by atoms with Crippen molar-refractivity contribution >= 4 is 44.2 Å². The molecule has 6 heteroatoms. The number of hydrogen-bond acceptors (Lipinski definition) is 1. The molecule has 134 valence electrons. The highest BCUT2D eigenvalue weighted by Gasteiger charge is 2.41. The van der Waals surface area contributed by atoms with Crippen LogP contribution in [-0.2, 0) is 0 Å². The van der Waals surface area contributed by atoms with Crippen LogP contribution in [0.4, 0.5) is 5.42 Å². The fourth-order valence-electron chi connectivity index (χ4n) is 3.90. The van der Waals surface area contributed by atoms with Gasteiger partial charge in [-0.3, -0.25) is 0 Å². The minimum absolute atomic E-state index is 0.0166. The van der Waals surface area contributed by atoms with E-state index >= 15 is 0 Å². The number of nitrogens with one attached hydrogen (secondary N) is 1. The van der Waals surface area contributed by atoms with Crippen molar-refractivity contribution in [3.8, 4) is 5.30 Å². The average Bonchev–Trinajstić information content (AvgIpc) is 2.33. The SMILES string of the molecule is C[Si](C)(C)Nc1cp(C([Si](C)(C)C)[Si](C)(C)C)p1-c1ccccc1. The maximum atomic E-state index is 3.97. The second-order valence-corrected chi connectivity index (χ2v) is 32.7. The molecule has 0 aliphatic heterocycles. The van der Waals surface area contributed by atoms with Gasteiger partial charge < -0.3 is 4.98 Å². The second-order valence-electron chi connectivity index (χ2n) is 10.1. The molecule has 1 N–H and O–H groups in total. The summed E-state index contributed by atoms with van der Waals surface area (Å²) in [7, 11) is -3.75. The standard InChI is InChI=1S/C18H35NP2Si3/c1-22(2,3)18(23(4,5)6)20-15-17(19-24(7,8)9)21(20)16-13-11-10-12-14-16/h10-15,18-19H,1-9H3. The molecule has 0 radical (unpaired) electrons. The van der Waals surface area contributed by atoms with Crippen LogP contribution in [0, 0.1) is 0 Å². The van der Waals surface area contributed by atoms with Crippen LogP contribution >= 0.6 is 14.4 Å². The summed E-state index contributed by atoms with van der Waals surface area (Å²) in [6.07, 6.45) is 0. The molecular formula is C18H35NP2Si3. The van der Waals surface area contributed by atoms with Crippen molar-refractivity contribution in [3.05, 3.63) is 36.1 Å². The molecule has 2 atom stereocenters. The van der Waals surface area contributed by atoms with Gasteiger partial charge >= 0.3 is 0 Å². The van der Waals surface area contributed by atoms with Gasteiger partial charge in [0.25, 0.3) is 0 Å². The van der Waals surface area contributed by atoms with Gasteiger partial charge in [-0.2, -0.15) is 0 Å². The summed E-state index contributed by atoms with van der Waals surface area (Å²) in [5.74, 6) is 2.70. The lowest BCUT2D eigenvalue weighted by Gasteiger charge is -2.43. The van der Waals surface area contributed by atoms with E-state index < -0.39 is 24.4 Å². The third-order valence-corrected chi connectivity index (χ3v) is 28.4. The van der Waals surface area contributed by atoms with Gasteiger partial charge in [-0.15, -0.1) is 0 Å².